The van der Waals surface area contributed by atoms with Gasteiger partial charge in [-0.05, 0) is 26.7 Å². The molecule has 0 aromatic carbocycles. The van der Waals surface area contributed by atoms with Gasteiger partial charge in [0.2, 0.25) is 0 Å². The van der Waals surface area contributed by atoms with E-state index in [1.54, 1.807) is 0 Å². The van der Waals surface area contributed by atoms with E-state index in [2.05, 4.69) is 52.6 Å². The molecular formula is C15H21Br2ClO3. The van der Waals surface area contributed by atoms with Crippen LogP contribution in [0, 0.1) is 10.8 Å². The maximum atomic E-state index is 11.1. The molecule has 8 atom stereocenters. The number of aliphatic hydroxyl groups excluding tert-OH is 1. The van der Waals surface area contributed by atoms with Crippen LogP contribution in [0.3, 0.4) is 0 Å². The SMILES string of the molecule is CC1(C)[C@@]2(Br)O[C@H]2[C@@H]2O[C@]2(C)[C@@]12C[C@@H](Br)[C@](C)(Cl)C[C@H]2O. The molecule has 6 heteroatoms. The summed E-state index contributed by atoms with van der Waals surface area (Å²) in [6, 6.07) is 0. The Bertz CT molecular complexity index is 527. The summed E-state index contributed by atoms with van der Waals surface area (Å²) < 4.78 is 11.7. The zero-order valence-corrected chi connectivity index (χ0v) is 16.5. The van der Waals surface area contributed by atoms with Crippen LogP contribution < -0.4 is 0 Å². The Morgan fingerprint density at radius 2 is 1.71 bits per heavy atom. The van der Waals surface area contributed by atoms with Gasteiger partial charge in [-0.3, -0.25) is 0 Å². The lowest BCUT2D eigenvalue weighted by atomic mass is 9.46. The molecule has 1 spiro atoms. The van der Waals surface area contributed by atoms with Gasteiger partial charge in [0, 0.05) is 15.7 Å². The zero-order chi connectivity index (χ0) is 15.6. The fourth-order valence-electron chi connectivity index (χ4n) is 5.29. The smallest absolute Gasteiger partial charge is 0.157 e. The number of ether oxygens (including phenoxy) is 2. The highest BCUT2D eigenvalue weighted by Crippen LogP contribution is 2.80. The lowest BCUT2D eigenvalue weighted by Crippen LogP contribution is -2.68. The first-order chi connectivity index (χ1) is 9.44. The van der Waals surface area contributed by atoms with Crippen molar-refractivity contribution in [1.29, 1.82) is 0 Å². The van der Waals surface area contributed by atoms with Crippen molar-refractivity contribution in [3.63, 3.8) is 0 Å². The van der Waals surface area contributed by atoms with Crippen molar-refractivity contribution >= 4 is 43.5 Å². The predicted molar refractivity (Wildman–Crippen MR) is 88.2 cm³/mol. The minimum absolute atomic E-state index is 0.0685. The van der Waals surface area contributed by atoms with Crippen molar-refractivity contribution in [3.05, 3.63) is 0 Å². The van der Waals surface area contributed by atoms with Crippen LogP contribution in [0.5, 0.6) is 0 Å². The zero-order valence-electron chi connectivity index (χ0n) is 12.6. The predicted octanol–water partition coefficient (Wildman–Crippen LogP) is 3.58. The maximum Gasteiger partial charge on any atom is 0.157 e. The van der Waals surface area contributed by atoms with Gasteiger partial charge in [-0.1, -0.05) is 45.7 Å². The second-order valence-electron chi connectivity index (χ2n) is 8.09. The number of rotatable bonds is 0. The van der Waals surface area contributed by atoms with Crippen molar-refractivity contribution in [2.75, 3.05) is 0 Å². The third kappa shape index (κ3) is 1.49. The minimum atomic E-state index is -0.515. The normalized spacial score (nSPS) is 67.4. The quantitative estimate of drug-likeness (QED) is 0.459. The molecule has 0 amide bonds. The molecule has 3 nitrogen and oxygen atoms in total. The fraction of sp³-hybridized carbons (Fsp3) is 1.00. The Kier molecular flexibility index (Phi) is 2.87. The molecule has 21 heavy (non-hydrogen) atoms. The van der Waals surface area contributed by atoms with Gasteiger partial charge in [0.25, 0.3) is 0 Å². The van der Waals surface area contributed by atoms with Crippen LogP contribution in [-0.2, 0) is 9.47 Å². The average molecular weight is 445 g/mol. The molecule has 4 rings (SSSR count). The highest BCUT2D eigenvalue weighted by molar-refractivity contribution is 9.10. The average Bonchev–Trinajstić information content (AvgIpc) is 3.19. The molecule has 2 aliphatic carbocycles. The standard InChI is InChI=1S/C15H21Br2ClO3/c1-11(2)14(5-7(16)12(3,18)6-8(14)19)13(4)9(20-13)10-15(11,17)21-10/h7-10,19H,5-6H2,1-4H3/t7-,8-,9+,10+,12-,13+,14-,15+/m1/s1. The molecule has 120 valence electrons. The summed E-state index contributed by atoms with van der Waals surface area (Å²) >= 11 is 14.2. The van der Waals surface area contributed by atoms with Gasteiger partial charge in [0.1, 0.15) is 17.8 Å². The van der Waals surface area contributed by atoms with Crippen molar-refractivity contribution < 1.29 is 14.6 Å². The number of halogens is 3. The molecule has 2 heterocycles. The highest BCUT2D eigenvalue weighted by atomic mass is 79.9. The summed E-state index contributed by atoms with van der Waals surface area (Å²) in [7, 11) is 0. The molecule has 0 radical (unpaired) electrons. The molecule has 1 N–H and O–H groups in total. The number of alkyl halides is 3. The summed E-state index contributed by atoms with van der Waals surface area (Å²) in [6.07, 6.45) is 0.969. The van der Waals surface area contributed by atoms with E-state index in [0.717, 1.165) is 6.42 Å². The van der Waals surface area contributed by atoms with E-state index in [-0.39, 0.29) is 33.5 Å². The van der Waals surface area contributed by atoms with E-state index in [1.807, 2.05) is 6.92 Å². The topological polar surface area (TPSA) is 45.3 Å². The van der Waals surface area contributed by atoms with Crippen LogP contribution in [-0.4, -0.2) is 43.2 Å². The number of fused-ring (bicyclic) bond motifs is 4. The molecule has 0 aromatic heterocycles. The largest absolute Gasteiger partial charge is 0.392 e. The summed E-state index contributed by atoms with van der Waals surface area (Å²) in [5.41, 5.74) is -0.983. The van der Waals surface area contributed by atoms with Gasteiger partial charge < -0.3 is 14.6 Å². The number of hydrogen-bond donors (Lipinski definition) is 1. The Morgan fingerprint density at radius 3 is 2.33 bits per heavy atom. The molecule has 0 bridgehead atoms. The van der Waals surface area contributed by atoms with Crippen LogP contribution >= 0.6 is 43.5 Å². The van der Waals surface area contributed by atoms with Gasteiger partial charge >= 0.3 is 0 Å². The van der Waals surface area contributed by atoms with E-state index >= 15 is 0 Å². The van der Waals surface area contributed by atoms with E-state index in [0.29, 0.717) is 6.42 Å². The first kappa shape index (κ1) is 15.6. The third-order valence-electron chi connectivity index (χ3n) is 6.91. The summed E-state index contributed by atoms with van der Waals surface area (Å²) in [4.78, 5) is -0.315. The summed E-state index contributed by atoms with van der Waals surface area (Å²) in [5.74, 6) is 0. The van der Waals surface area contributed by atoms with Gasteiger partial charge in [0.15, 0.2) is 4.51 Å². The molecular weight excluding hydrogens is 423 g/mol. The number of epoxide rings is 2. The van der Waals surface area contributed by atoms with Crippen molar-refractivity contribution in [2.24, 2.45) is 10.8 Å². The number of aliphatic hydroxyl groups is 1. The van der Waals surface area contributed by atoms with E-state index < -0.39 is 15.5 Å². The summed E-state index contributed by atoms with van der Waals surface area (Å²) in [6.45, 7) is 8.50. The molecule has 2 saturated heterocycles. The lowest BCUT2D eigenvalue weighted by Gasteiger charge is -2.60. The third-order valence-corrected chi connectivity index (χ3v) is 10.6. The Morgan fingerprint density at radius 1 is 1.10 bits per heavy atom. The molecule has 2 aliphatic heterocycles. The second kappa shape index (κ2) is 3.85. The van der Waals surface area contributed by atoms with Gasteiger partial charge in [-0.15, -0.1) is 11.6 Å². The Balaban J connectivity index is 1.85. The second-order valence-corrected chi connectivity index (χ2v) is 11.2. The van der Waals surface area contributed by atoms with Crippen LogP contribution in [0.25, 0.3) is 0 Å². The van der Waals surface area contributed by atoms with E-state index in [9.17, 15) is 5.11 Å². The molecule has 0 aromatic rings. The maximum absolute atomic E-state index is 11.1. The monoisotopic (exact) mass is 442 g/mol. The highest BCUT2D eigenvalue weighted by Gasteiger charge is 2.90. The Hall–Kier alpha value is 1.13. The van der Waals surface area contributed by atoms with Crippen LogP contribution in [0.4, 0.5) is 0 Å². The van der Waals surface area contributed by atoms with Crippen LogP contribution in [0.15, 0.2) is 0 Å². The fourth-order valence-corrected chi connectivity index (χ4v) is 7.01. The van der Waals surface area contributed by atoms with E-state index in [4.69, 9.17) is 21.1 Å². The van der Waals surface area contributed by atoms with E-state index in [1.165, 1.54) is 0 Å². The van der Waals surface area contributed by atoms with Gasteiger partial charge in [0.05, 0.1) is 11.0 Å². The molecule has 4 fully saturated rings. The lowest BCUT2D eigenvalue weighted by molar-refractivity contribution is -0.151. The van der Waals surface area contributed by atoms with Gasteiger partial charge in [-0.2, -0.15) is 0 Å². The molecule has 2 saturated carbocycles. The molecule has 4 aliphatic rings. The Labute approximate surface area is 147 Å². The first-order valence-electron chi connectivity index (χ1n) is 7.50. The first-order valence-corrected chi connectivity index (χ1v) is 9.58. The van der Waals surface area contributed by atoms with Crippen LogP contribution in [0.1, 0.15) is 40.5 Å². The summed E-state index contributed by atoms with van der Waals surface area (Å²) in [5, 5.41) is 11.1. The van der Waals surface area contributed by atoms with Crippen molar-refractivity contribution in [2.45, 2.75) is 78.7 Å². The molecule has 0 unspecified atom stereocenters. The van der Waals surface area contributed by atoms with Gasteiger partial charge in [-0.25, -0.2) is 0 Å². The van der Waals surface area contributed by atoms with Crippen molar-refractivity contribution in [3.8, 4) is 0 Å². The van der Waals surface area contributed by atoms with Crippen LogP contribution in [0.2, 0.25) is 0 Å². The number of hydrogen-bond acceptors (Lipinski definition) is 3. The van der Waals surface area contributed by atoms with Crippen molar-refractivity contribution in [1.82, 2.24) is 0 Å². The minimum Gasteiger partial charge on any atom is -0.392 e.